The summed E-state index contributed by atoms with van der Waals surface area (Å²) < 4.78 is 199. The molecule has 0 bridgehead atoms. The third-order valence-electron chi connectivity index (χ3n) is 4.11. The van der Waals surface area contributed by atoms with Crippen molar-refractivity contribution in [2.24, 2.45) is 0 Å². The lowest BCUT2D eigenvalue weighted by Crippen LogP contribution is -2.36. The van der Waals surface area contributed by atoms with E-state index < -0.39 is 105 Å². The van der Waals surface area contributed by atoms with Crippen molar-refractivity contribution in [2.75, 3.05) is 0 Å². The predicted octanol–water partition coefficient (Wildman–Crippen LogP) is 6.12. The van der Waals surface area contributed by atoms with Crippen LogP contribution in [0.15, 0.2) is 23.2 Å². The fraction of sp³-hybridized carbons (Fsp3) is 0.0556. The molecule has 0 aromatic heterocycles. The van der Waals surface area contributed by atoms with E-state index in [1.54, 1.807) is 0 Å². The van der Waals surface area contributed by atoms with E-state index in [0.29, 0.717) is 0 Å². The number of rotatable bonds is 4. The highest BCUT2D eigenvalue weighted by molar-refractivity contribution is 6.07. The van der Waals surface area contributed by atoms with Gasteiger partial charge in [0.2, 0.25) is 92.8 Å². The Morgan fingerprint density at radius 1 is 0.486 bits per heavy atom. The normalized spacial score (nSPS) is 15.8. The molecule has 17 heteroatoms. The van der Waals surface area contributed by atoms with Crippen LogP contribution in [0.3, 0.4) is 0 Å². The third-order valence-corrected chi connectivity index (χ3v) is 4.11. The molecule has 0 unspecified atom stereocenters. The summed E-state index contributed by atoms with van der Waals surface area (Å²) in [5, 5.41) is 0. The summed E-state index contributed by atoms with van der Waals surface area (Å²) in [4.78, 5) is 11.9. The van der Waals surface area contributed by atoms with Crippen LogP contribution in [0.2, 0.25) is 0 Å². The minimum absolute atomic E-state index is 2.59. The van der Waals surface area contributed by atoms with Crippen LogP contribution in [0.5, 0.6) is 11.5 Å². The Labute approximate surface area is 181 Å². The molecule has 0 atom stereocenters. The zero-order chi connectivity index (χ0) is 26.7. The molecular weight excluding hydrogens is 530 g/mol. The second kappa shape index (κ2) is 8.46. The highest BCUT2D eigenvalue weighted by Crippen LogP contribution is 2.45. The first-order chi connectivity index (χ1) is 16.0. The van der Waals surface area contributed by atoms with Gasteiger partial charge in [0.25, 0.3) is 5.78 Å². The minimum atomic E-state index is -5.72. The molecule has 3 rings (SSSR count). The highest BCUT2D eigenvalue weighted by atomic mass is 19.3. The van der Waals surface area contributed by atoms with Crippen molar-refractivity contribution in [1.29, 1.82) is 0 Å². The van der Waals surface area contributed by atoms with Crippen molar-refractivity contribution in [3.63, 3.8) is 0 Å². The molecule has 35 heavy (non-hydrogen) atoms. The monoisotopic (exact) mass is 530 g/mol. The number of ether oxygens (including phenoxy) is 2. The molecule has 2 aromatic carbocycles. The summed E-state index contributed by atoms with van der Waals surface area (Å²) >= 11 is 0. The van der Waals surface area contributed by atoms with Crippen LogP contribution in [0.4, 0.5) is 61.5 Å². The average molecular weight is 530 g/mol. The van der Waals surface area contributed by atoms with E-state index in [-0.39, 0.29) is 0 Å². The minimum Gasteiger partial charge on any atom is -0.444 e. The molecule has 0 fully saturated rings. The molecule has 0 amide bonds. The molecule has 0 radical (unpaired) electrons. The molecule has 1 aliphatic rings. The van der Waals surface area contributed by atoms with Gasteiger partial charge in [-0.2, -0.15) is 30.7 Å². The SMILES string of the molecule is O=C1C(F)=C(F)C(F)(F)C(Oc2c(F)c(F)c(F)c(F)c2F)=C1Oc1c(F)c(F)c(F)c(F)c1F. The zero-order valence-electron chi connectivity index (χ0n) is 15.5. The maximum absolute atomic E-state index is 14.3. The van der Waals surface area contributed by atoms with Crippen LogP contribution < -0.4 is 9.47 Å². The second-order valence-electron chi connectivity index (χ2n) is 6.19. The van der Waals surface area contributed by atoms with Gasteiger partial charge in [-0.15, -0.1) is 0 Å². The van der Waals surface area contributed by atoms with Crippen molar-refractivity contribution >= 4 is 5.78 Å². The van der Waals surface area contributed by atoms with E-state index in [1.807, 2.05) is 0 Å². The fourth-order valence-electron chi connectivity index (χ4n) is 2.44. The smallest absolute Gasteiger partial charge is 0.362 e. The lowest BCUT2D eigenvalue weighted by atomic mass is 10.0. The number of allylic oxidation sites excluding steroid dienone is 2. The molecule has 188 valence electrons. The molecule has 1 aliphatic carbocycles. The molecule has 0 N–H and O–H groups in total. The molecule has 0 saturated heterocycles. The Balaban J connectivity index is 2.33. The van der Waals surface area contributed by atoms with Gasteiger partial charge >= 0.3 is 5.92 Å². The van der Waals surface area contributed by atoms with Crippen molar-refractivity contribution in [1.82, 2.24) is 0 Å². The standard InChI is InChI=1S/C18F14O3/c19-1-3(21)7(25)13(8(26)4(1)22)34-15-12(33)11(29)16(30)18(31,32)17(15)35-14-9(27)5(23)2(20)6(24)10(14)28. The number of hydrogen-bond donors (Lipinski definition) is 0. The van der Waals surface area contributed by atoms with Crippen molar-refractivity contribution in [3.05, 3.63) is 81.3 Å². The van der Waals surface area contributed by atoms with Gasteiger partial charge in [0.15, 0.2) is 0 Å². The lowest BCUT2D eigenvalue weighted by Gasteiger charge is -2.25. The highest BCUT2D eigenvalue weighted by Gasteiger charge is 2.55. The molecule has 0 aliphatic heterocycles. The summed E-state index contributed by atoms with van der Waals surface area (Å²) in [6, 6.07) is 0. The maximum Gasteiger partial charge on any atom is 0.362 e. The fourth-order valence-corrected chi connectivity index (χ4v) is 2.44. The van der Waals surface area contributed by atoms with Crippen LogP contribution in [0.25, 0.3) is 0 Å². The van der Waals surface area contributed by atoms with E-state index in [0.717, 1.165) is 0 Å². The van der Waals surface area contributed by atoms with Crippen LogP contribution in [-0.2, 0) is 4.79 Å². The predicted molar refractivity (Wildman–Crippen MR) is 79.9 cm³/mol. The average Bonchev–Trinajstić information content (AvgIpc) is 2.82. The summed E-state index contributed by atoms with van der Waals surface area (Å²) in [5.41, 5.74) is 0. The number of benzene rings is 2. The van der Waals surface area contributed by atoms with Crippen molar-refractivity contribution < 1.29 is 75.7 Å². The number of ketones is 1. The number of carbonyl (C=O) groups is 1. The van der Waals surface area contributed by atoms with Gasteiger partial charge in [0.05, 0.1) is 0 Å². The van der Waals surface area contributed by atoms with Crippen molar-refractivity contribution in [3.8, 4) is 11.5 Å². The molecule has 3 nitrogen and oxygen atoms in total. The maximum atomic E-state index is 14.3. The Hall–Kier alpha value is -3.79. The van der Waals surface area contributed by atoms with Gasteiger partial charge in [0.1, 0.15) is 0 Å². The summed E-state index contributed by atoms with van der Waals surface area (Å²) in [6.07, 6.45) is 0. The molecule has 2 aromatic rings. The Morgan fingerprint density at radius 3 is 1.17 bits per heavy atom. The van der Waals surface area contributed by atoms with Crippen molar-refractivity contribution in [2.45, 2.75) is 5.92 Å². The first kappa shape index (κ1) is 25.8. The van der Waals surface area contributed by atoms with Gasteiger partial charge in [-0.05, 0) is 0 Å². The van der Waals surface area contributed by atoms with Gasteiger partial charge in [0, 0.05) is 0 Å². The van der Waals surface area contributed by atoms with Gasteiger partial charge < -0.3 is 9.47 Å². The Kier molecular flexibility index (Phi) is 6.24. The van der Waals surface area contributed by atoms with Gasteiger partial charge in [-0.1, -0.05) is 0 Å². The summed E-state index contributed by atoms with van der Waals surface area (Å²) in [5.74, 6) is -54.8. The van der Waals surface area contributed by atoms with Crippen LogP contribution >= 0.6 is 0 Å². The number of hydrogen-bond acceptors (Lipinski definition) is 3. The molecular formula is C18F14O3. The Morgan fingerprint density at radius 2 is 0.800 bits per heavy atom. The van der Waals surface area contributed by atoms with E-state index in [4.69, 9.17) is 0 Å². The first-order valence-electron chi connectivity index (χ1n) is 8.17. The van der Waals surface area contributed by atoms with E-state index in [2.05, 4.69) is 9.47 Å². The molecule has 0 spiro atoms. The number of Topliss-reactive ketones (excluding diaryl/α,β-unsaturated/α-hetero) is 1. The quantitative estimate of drug-likeness (QED) is 0.272. The second-order valence-corrected chi connectivity index (χ2v) is 6.19. The van der Waals surface area contributed by atoms with Gasteiger partial charge in [-0.25, -0.2) is 30.7 Å². The molecule has 0 saturated carbocycles. The van der Waals surface area contributed by atoms with E-state index in [1.165, 1.54) is 0 Å². The van der Waals surface area contributed by atoms with Crippen LogP contribution in [-0.4, -0.2) is 11.7 Å². The summed E-state index contributed by atoms with van der Waals surface area (Å²) in [7, 11) is 0. The number of alkyl halides is 2. The van der Waals surface area contributed by atoms with E-state index in [9.17, 15) is 66.3 Å². The third kappa shape index (κ3) is 3.74. The van der Waals surface area contributed by atoms with E-state index >= 15 is 0 Å². The number of carbonyl (C=O) groups excluding carboxylic acids is 1. The van der Waals surface area contributed by atoms with Crippen LogP contribution in [0.1, 0.15) is 0 Å². The summed E-state index contributed by atoms with van der Waals surface area (Å²) in [6.45, 7) is 0. The zero-order valence-corrected chi connectivity index (χ0v) is 15.5. The largest absolute Gasteiger partial charge is 0.444 e. The Bertz CT molecular complexity index is 1300. The topological polar surface area (TPSA) is 35.5 Å². The number of halogens is 14. The van der Waals surface area contributed by atoms with Crippen LogP contribution in [0, 0.1) is 58.2 Å². The first-order valence-corrected chi connectivity index (χ1v) is 8.17. The van der Waals surface area contributed by atoms with Gasteiger partial charge in [-0.3, -0.25) is 4.79 Å². The molecule has 0 heterocycles. The lowest BCUT2D eigenvalue weighted by molar-refractivity contribution is -0.118.